The Bertz CT molecular complexity index is 201. The predicted molar refractivity (Wildman–Crippen MR) is 46.4 cm³/mol. The van der Waals surface area contributed by atoms with Crippen LogP contribution in [0.3, 0.4) is 0 Å². The van der Waals surface area contributed by atoms with Crippen molar-refractivity contribution in [3.05, 3.63) is 11.1 Å². The molecule has 1 aliphatic carbocycles. The van der Waals surface area contributed by atoms with Crippen LogP contribution in [0.5, 0.6) is 0 Å². The number of hydrogen-bond donors (Lipinski definition) is 0. The maximum absolute atomic E-state index is 11.0. The third kappa shape index (κ3) is 1.70. The van der Waals surface area contributed by atoms with E-state index < -0.39 is 0 Å². The molecule has 1 nitrogen and oxygen atoms in total. The minimum absolute atomic E-state index is 0.310. The first-order valence-corrected chi connectivity index (χ1v) is 4.33. The lowest BCUT2D eigenvalue weighted by atomic mass is 10.0. The number of carbonyl (C=O) groups excluding carboxylic acids is 1. The van der Waals surface area contributed by atoms with Gasteiger partial charge in [-0.25, -0.2) is 0 Å². The van der Waals surface area contributed by atoms with Crippen molar-refractivity contribution in [2.45, 2.75) is 40.0 Å². The van der Waals surface area contributed by atoms with Crippen LogP contribution in [0.1, 0.15) is 40.0 Å². The summed E-state index contributed by atoms with van der Waals surface area (Å²) in [5.41, 5.74) is 2.96. The summed E-state index contributed by atoms with van der Waals surface area (Å²) in [6, 6.07) is 0. The Hall–Kier alpha value is -0.590. The fraction of sp³-hybridized carbons (Fsp3) is 0.700. The van der Waals surface area contributed by atoms with Gasteiger partial charge in [-0.1, -0.05) is 18.1 Å². The quantitative estimate of drug-likeness (QED) is 0.556. The standard InChI is InChI=1S/C10H16O/c1-4-9-6-10(8(3)11)5-7(9)2/h10H,4-6H2,1-3H3. The molecule has 0 radical (unpaired) electrons. The summed E-state index contributed by atoms with van der Waals surface area (Å²) in [5.74, 6) is 0.665. The highest BCUT2D eigenvalue weighted by atomic mass is 16.1. The van der Waals surface area contributed by atoms with E-state index in [0.29, 0.717) is 11.7 Å². The zero-order chi connectivity index (χ0) is 8.43. The molecule has 1 atom stereocenters. The Kier molecular flexibility index (Phi) is 2.48. The molecule has 1 rings (SSSR count). The number of allylic oxidation sites excluding steroid dienone is 2. The van der Waals surface area contributed by atoms with Gasteiger partial charge in [0, 0.05) is 5.92 Å². The molecule has 0 fully saturated rings. The molecule has 0 N–H and O–H groups in total. The van der Waals surface area contributed by atoms with Crippen molar-refractivity contribution in [1.29, 1.82) is 0 Å². The molecular formula is C10H16O. The molecule has 0 aromatic heterocycles. The Labute approximate surface area is 68.5 Å². The van der Waals surface area contributed by atoms with Crippen molar-refractivity contribution < 1.29 is 4.79 Å². The van der Waals surface area contributed by atoms with Crippen molar-refractivity contribution in [2.24, 2.45) is 5.92 Å². The van der Waals surface area contributed by atoms with Gasteiger partial charge in [0.1, 0.15) is 5.78 Å². The average Bonchev–Trinajstić information content (AvgIpc) is 2.31. The highest BCUT2D eigenvalue weighted by Crippen LogP contribution is 2.33. The van der Waals surface area contributed by atoms with Gasteiger partial charge in [-0.3, -0.25) is 4.79 Å². The first-order valence-electron chi connectivity index (χ1n) is 4.33. The maximum atomic E-state index is 11.0. The van der Waals surface area contributed by atoms with Crippen LogP contribution in [-0.4, -0.2) is 5.78 Å². The zero-order valence-corrected chi connectivity index (χ0v) is 7.61. The summed E-state index contributed by atoms with van der Waals surface area (Å²) in [5, 5.41) is 0. The molecule has 0 heterocycles. The number of ketones is 1. The van der Waals surface area contributed by atoms with Crippen LogP contribution in [0.25, 0.3) is 0 Å². The van der Waals surface area contributed by atoms with Gasteiger partial charge in [0.2, 0.25) is 0 Å². The van der Waals surface area contributed by atoms with E-state index in [1.54, 1.807) is 6.92 Å². The van der Waals surface area contributed by atoms with E-state index in [-0.39, 0.29) is 0 Å². The fourth-order valence-electron chi connectivity index (χ4n) is 1.79. The molecule has 0 saturated carbocycles. The first-order chi connectivity index (χ1) is 5.15. The molecule has 62 valence electrons. The van der Waals surface area contributed by atoms with Crippen LogP contribution in [-0.2, 0) is 4.79 Å². The van der Waals surface area contributed by atoms with Gasteiger partial charge in [0.05, 0.1) is 0 Å². The van der Waals surface area contributed by atoms with E-state index in [2.05, 4.69) is 13.8 Å². The van der Waals surface area contributed by atoms with Gasteiger partial charge >= 0.3 is 0 Å². The molecule has 0 bridgehead atoms. The van der Waals surface area contributed by atoms with Crippen molar-refractivity contribution >= 4 is 5.78 Å². The normalized spacial score (nSPS) is 24.5. The number of hydrogen-bond acceptors (Lipinski definition) is 1. The van der Waals surface area contributed by atoms with E-state index in [1.807, 2.05) is 0 Å². The highest BCUT2D eigenvalue weighted by Gasteiger charge is 2.23. The Morgan fingerprint density at radius 1 is 1.55 bits per heavy atom. The second kappa shape index (κ2) is 3.21. The monoisotopic (exact) mass is 152 g/mol. The summed E-state index contributed by atoms with van der Waals surface area (Å²) in [4.78, 5) is 11.0. The lowest BCUT2D eigenvalue weighted by molar-refractivity contribution is -0.120. The number of carbonyl (C=O) groups is 1. The van der Waals surface area contributed by atoms with Gasteiger partial charge in [0.15, 0.2) is 0 Å². The largest absolute Gasteiger partial charge is 0.300 e. The Balaban J connectivity index is 2.60. The van der Waals surface area contributed by atoms with Crippen LogP contribution >= 0.6 is 0 Å². The number of Topliss-reactive ketones (excluding diaryl/α,β-unsaturated/α-hetero) is 1. The molecule has 0 saturated heterocycles. The maximum Gasteiger partial charge on any atom is 0.133 e. The molecule has 1 unspecified atom stereocenters. The third-order valence-corrected chi connectivity index (χ3v) is 2.65. The molecule has 0 spiro atoms. The zero-order valence-electron chi connectivity index (χ0n) is 7.61. The van der Waals surface area contributed by atoms with E-state index >= 15 is 0 Å². The van der Waals surface area contributed by atoms with E-state index in [1.165, 1.54) is 11.1 Å². The van der Waals surface area contributed by atoms with Crippen LogP contribution in [0.2, 0.25) is 0 Å². The summed E-state index contributed by atoms with van der Waals surface area (Å²) >= 11 is 0. The van der Waals surface area contributed by atoms with Crippen LogP contribution in [0, 0.1) is 5.92 Å². The van der Waals surface area contributed by atoms with Crippen molar-refractivity contribution in [2.75, 3.05) is 0 Å². The van der Waals surface area contributed by atoms with E-state index in [0.717, 1.165) is 19.3 Å². The van der Waals surface area contributed by atoms with Crippen LogP contribution < -0.4 is 0 Å². The molecule has 0 amide bonds. The molecule has 0 aromatic rings. The molecular weight excluding hydrogens is 136 g/mol. The molecule has 0 aliphatic heterocycles. The molecule has 11 heavy (non-hydrogen) atoms. The molecule has 1 heteroatoms. The second-order valence-corrected chi connectivity index (χ2v) is 3.45. The molecule has 0 aromatic carbocycles. The SMILES string of the molecule is CCC1=C(C)CC(C(C)=O)C1. The highest BCUT2D eigenvalue weighted by molar-refractivity contribution is 5.79. The lowest BCUT2D eigenvalue weighted by Gasteiger charge is -2.03. The van der Waals surface area contributed by atoms with Crippen molar-refractivity contribution in [3.8, 4) is 0 Å². The van der Waals surface area contributed by atoms with Crippen LogP contribution in [0.4, 0.5) is 0 Å². The third-order valence-electron chi connectivity index (χ3n) is 2.65. The van der Waals surface area contributed by atoms with Gasteiger partial charge in [0.25, 0.3) is 0 Å². The molecule has 1 aliphatic rings. The van der Waals surface area contributed by atoms with Crippen LogP contribution in [0.15, 0.2) is 11.1 Å². The Morgan fingerprint density at radius 2 is 2.18 bits per heavy atom. The Morgan fingerprint density at radius 3 is 2.45 bits per heavy atom. The summed E-state index contributed by atoms with van der Waals surface area (Å²) in [6.45, 7) is 6.03. The summed E-state index contributed by atoms with van der Waals surface area (Å²) in [6.07, 6.45) is 3.16. The van der Waals surface area contributed by atoms with Gasteiger partial charge in [-0.15, -0.1) is 0 Å². The summed E-state index contributed by atoms with van der Waals surface area (Å²) < 4.78 is 0. The minimum Gasteiger partial charge on any atom is -0.300 e. The van der Waals surface area contributed by atoms with Crippen molar-refractivity contribution in [1.82, 2.24) is 0 Å². The van der Waals surface area contributed by atoms with Crippen molar-refractivity contribution in [3.63, 3.8) is 0 Å². The first kappa shape index (κ1) is 8.51. The van der Waals surface area contributed by atoms with E-state index in [4.69, 9.17) is 0 Å². The smallest absolute Gasteiger partial charge is 0.133 e. The summed E-state index contributed by atoms with van der Waals surface area (Å²) in [7, 11) is 0. The predicted octanol–water partition coefficient (Wildman–Crippen LogP) is 2.71. The fourth-order valence-corrected chi connectivity index (χ4v) is 1.79. The van der Waals surface area contributed by atoms with Gasteiger partial charge in [-0.05, 0) is 33.1 Å². The van der Waals surface area contributed by atoms with Gasteiger partial charge < -0.3 is 0 Å². The lowest BCUT2D eigenvalue weighted by Crippen LogP contribution is -2.06. The van der Waals surface area contributed by atoms with E-state index in [9.17, 15) is 4.79 Å². The topological polar surface area (TPSA) is 17.1 Å². The second-order valence-electron chi connectivity index (χ2n) is 3.45. The number of rotatable bonds is 2. The average molecular weight is 152 g/mol. The van der Waals surface area contributed by atoms with Gasteiger partial charge in [-0.2, -0.15) is 0 Å². The minimum atomic E-state index is 0.310.